The smallest absolute Gasteiger partial charge is 0.302 e. The van der Waals surface area contributed by atoms with Crippen LogP contribution in [0.3, 0.4) is 0 Å². The number of nitrogens with zero attached hydrogens (tertiary/aromatic N) is 3. The second-order valence-electron chi connectivity index (χ2n) is 2.07. The molecule has 0 saturated carbocycles. The van der Waals surface area contributed by atoms with Crippen LogP contribution in [0.25, 0.3) is 0 Å². The average Bonchev–Trinajstić information content (AvgIpc) is 2.29. The Bertz CT molecular complexity index is 280. The van der Waals surface area contributed by atoms with E-state index in [-0.39, 0.29) is 5.16 Å². The summed E-state index contributed by atoms with van der Waals surface area (Å²) in [5.41, 5.74) is 0. The zero-order valence-electron chi connectivity index (χ0n) is 6.38. The number of hydrogen-bond donors (Lipinski definition) is 0. The molecule has 1 rings (SSSR count). The normalized spacial score (nSPS) is 12.1. The Morgan fingerprint density at radius 2 is 1.92 bits per heavy atom. The third-order valence-corrected chi connectivity index (χ3v) is 1.99. The minimum Gasteiger partial charge on any atom is -0.302 e. The van der Waals surface area contributed by atoms with Gasteiger partial charge in [-0.15, -0.1) is 10.2 Å². The van der Waals surface area contributed by atoms with Gasteiger partial charge in [0.25, 0.3) is 0 Å². The highest BCUT2D eigenvalue weighted by molar-refractivity contribution is 7.98. The molecule has 0 amide bonds. The molecule has 0 aromatic carbocycles. The van der Waals surface area contributed by atoms with Crippen LogP contribution in [0.15, 0.2) is 5.16 Å². The summed E-state index contributed by atoms with van der Waals surface area (Å²) in [5, 5.41) is 6.63. The van der Waals surface area contributed by atoms with Gasteiger partial charge in [0, 0.05) is 7.05 Å². The van der Waals surface area contributed by atoms with E-state index in [1.54, 1.807) is 6.26 Å². The molecule has 0 spiro atoms. The third-order valence-electron chi connectivity index (χ3n) is 1.27. The van der Waals surface area contributed by atoms with Crippen molar-refractivity contribution in [3.8, 4) is 0 Å². The highest BCUT2D eigenvalue weighted by Gasteiger charge is 2.37. The lowest BCUT2D eigenvalue weighted by atomic mass is 10.6. The lowest BCUT2D eigenvalue weighted by molar-refractivity contribution is -0.147. The first-order valence-corrected chi connectivity index (χ1v) is 4.20. The second kappa shape index (κ2) is 2.96. The SMILES string of the molecule is CSc1nnc(C(F)(F)F)n1C. The van der Waals surface area contributed by atoms with Crippen molar-refractivity contribution in [1.82, 2.24) is 14.8 Å². The molecule has 0 bridgehead atoms. The molecule has 1 aromatic rings. The molecule has 7 heteroatoms. The standard InChI is InChI=1S/C5H6F3N3S/c1-11-3(5(6,7)8)9-10-4(11)12-2/h1-2H3. The monoisotopic (exact) mass is 197 g/mol. The van der Waals surface area contributed by atoms with E-state index in [1.165, 1.54) is 7.05 Å². The number of hydrogen-bond acceptors (Lipinski definition) is 3. The molecule has 0 unspecified atom stereocenters. The van der Waals surface area contributed by atoms with E-state index in [0.29, 0.717) is 0 Å². The fourth-order valence-corrected chi connectivity index (χ4v) is 1.22. The predicted octanol–water partition coefficient (Wildman–Crippen LogP) is 1.56. The number of aromatic nitrogens is 3. The lowest BCUT2D eigenvalue weighted by Gasteiger charge is -2.04. The lowest BCUT2D eigenvalue weighted by Crippen LogP contribution is -2.12. The highest BCUT2D eigenvalue weighted by atomic mass is 32.2. The van der Waals surface area contributed by atoms with Gasteiger partial charge >= 0.3 is 6.18 Å². The van der Waals surface area contributed by atoms with Crippen molar-refractivity contribution in [3.63, 3.8) is 0 Å². The molecule has 0 aliphatic rings. The van der Waals surface area contributed by atoms with E-state index in [0.717, 1.165) is 16.3 Å². The Balaban J connectivity index is 3.11. The van der Waals surface area contributed by atoms with Crippen LogP contribution in [0.5, 0.6) is 0 Å². The number of alkyl halides is 3. The molecule has 0 N–H and O–H groups in total. The fraction of sp³-hybridized carbons (Fsp3) is 0.600. The van der Waals surface area contributed by atoms with Crippen molar-refractivity contribution < 1.29 is 13.2 Å². The van der Waals surface area contributed by atoms with Gasteiger partial charge in [-0.25, -0.2) is 0 Å². The van der Waals surface area contributed by atoms with Gasteiger partial charge in [-0.1, -0.05) is 11.8 Å². The summed E-state index contributed by atoms with van der Waals surface area (Å²) in [5.74, 6) is -0.966. The van der Waals surface area contributed by atoms with Gasteiger partial charge in [0.2, 0.25) is 5.82 Å². The van der Waals surface area contributed by atoms with Crippen LogP contribution < -0.4 is 0 Å². The Hall–Kier alpha value is -0.720. The number of halogens is 3. The van der Waals surface area contributed by atoms with Crippen LogP contribution in [0.2, 0.25) is 0 Å². The molecule has 68 valence electrons. The number of rotatable bonds is 1. The van der Waals surface area contributed by atoms with E-state index in [1.807, 2.05) is 0 Å². The van der Waals surface area contributed by atoms with Gasteiger partial charge in [0.05, 0.1) is 0 Å². The first kappa shape index (κ1) is 9.37. The maximum absolute atomic E-state index is 12.1. The van der Waals surface area contributed by atoms with Crippen LogP contribution >= 0.6 is 11.8 Å². The Morgan fingerprint density at radius 1 is 1.33 bits per heavy atom. The van der Waals surface area contributed by atoms with Crippen molar-refractivity contribution in [2.45, 2.75) is 11.3 Å². The molecule has 0 radical (unpaired) electrons. The van der Waals surface area contributed by atoms with Crippen LogP contribution in [-0.4, -0.2) is 21.0 Å². The molecular formula is C5H6F3N3S. The van der Waals surface area contributed by atoms with Gasteiger partial charge in [-0.3, -0.25) is 0 Å². The predicted molar refractivity (Wildman–Crippen MR) is 37.8 cm³/mol. The maximum Gasteiger partial charge on any atom is 0.451 e. The Labute approximate surface area is 71.0 Å². The van der Waals surface area contributed by atoms with E-state index in [2.05, 4.69) is 10.2 Å². The van der Waals surface area contributed by atoms with Crippen molar-refractivity contribution in [1.29, 1.82) is 0 Å². The quantitative estimate of drug-likeness (QED) is 0.640. The van der Waals surface area contributed by atoms with E-state index in [4.69, 9.17) is 0 Å². The molecule has 0 aliphatic carbocycles. The summed E-state index contributed by atoms with van der Waals surface area (Å²) in [6.07, 6.45) is -2.78. The zero-order chi connectivity index (χ0) is 9.35. The zero-order valence-corrected chi connectivity index (χ0v) is 7.20. The average molecular weight is 197 g/mol. The summed E-state index contributed by atoms with van der Waals surface area (Å²) >= 11 is 1.12. The van der Waals surface area contributed by atoms with Crippen LogP contribution in [0, 0.1) is 0 Å². The van der Waals surface area contributed by atoms with Gasteiger partial charge in [-0.05, 0) is 6.26 Å². The van der Waals surface area contributed by atoms with E-state index in [9.17, 15) is 13.2 Å². The molecule has 12 heavy (non-hydrogen) atoms. The second-order valence-corrected chi connectivity index (χ2v) is 2.84. The molecule has 1 heterocycles. The first-order chi connectivity index (χ1) is 5.46. The maximum atomic E-state index is 12.1. The Kier molecular flexibility index (Phi) is 2.31. The fourth-order valence-electron chi connectivity index (χ4n) is 0.740. The van der Waals surface area contributed by atoms with Gasteiger partial charge in [0.15, 0.2) is 5.16 Å². The van der Waals surface area contributed by atoms with Gasteiger partial charge in [0.1, 0.15) is 0 Å². The summed E-state index contributed by atoms with van der Waals surface area (Å²) in [6.45, 7) is 0. The van der Waals surface area contributed by atoms with Crippen molar-refractivity contribution >= 4 is 11.8 Å². The largest absolute Gasteiger partial charge is 0.451 e. The highest BCUT2D eigenvalue weighted by Crippen LogP contribution is 2.28. The van der Waals surface area contributed by atoms with Gasteiger partial charge in [-0.2, -0.15) is 13.2 Å². The molecule has 0 saturated heterocycles. The molecule has 3 nitrogen and oxygen atoms in total. The molecule has 1 aromatic heterocycles. The van der Waals surface area contributed by atoms with Crippen LogP contribution in [-0.2, 0) is 13.2 Å². The van der Waals surface area contributed by atoms with Crippen molar-refractivity contribution in [3.05, 3.63) is 5.82 Å². The number of thioether (sulfide) groups is 1. The van der Waals surface area contributed by atoms with E-state index >= 15 is 0 Å². The molecular weight excluding hydrogens is 191 g/mol. The minimum atomic E-state index is -4.42. The Morgan fingerprint density at radius 3 is 2.17 bits per heavy atom. The summed E-state index contributed by atoms with van der Waals surface area (Å²) in [6, 6.07) is 0. The van der Waals surface area contributed by atoms with Crippen molar-refractivity contribution in [2.75, 3.05) is 6.26 Å². The summed E-state index contributed by atoms with van der Waals surface area (Å²) in [4.78, 5) is 0. The topological polar surface area (TPSA) is 30.7 Å². The first-order valence-electron chi connectivity index (χ1n) is 2.97. The molecule has 0 fully saturated rings. The van der Waals surface area contributed by atoms with Crippen molar-refractivity contribution in [2.24, 2.45) is 7.05 Å². The summed E-state index contributed by atoms with van der Waals surface area (Å²) in [7, 11) is 1.29. The third kappa shape index (κ3) is 1.55. The van der Waals surface area contributed by atoms with Gasteiger partial charge < -0.3 is 4.57 Å². The van der Waals surface area contributed by atoms with Crippen LogP contribution in [0.4, 0.5) is 13.2 Å². The molecule has 0 atom stereocenters. The minimum absolute atomic E-state index is 0.252. The van der Waals surface area contributed by atoms with Crippen LogP contribution in [0.1, 0.15) is 5.82 Å². The molecule has 0 aliphatic heterocycles. The summed E-state index contributed by atoms with van der Waals surface area (Å²) < 4.78 is 37.1. The van der Waals surface area contributed by atoms with E-state index < -0.39 is 12.0 Å².